The fourth-order valence-electron chi connectivity index (χ4n) is 3.43. The summed E-state index contributed by atoms with van der Waals surface area (Å²) in [5.74, 6) is -0.658. The molecule has 0 fully saturated rings. The van der Waals surface area contributed by atoms with Gasteiger partial charge >= 0.3 is 6.18 Å². The minimum Gasteiger partial charge on any atom is -0.461 e. The summed E-state index contributed by atoms with van der Waals surface area (Å²) in [5, 5.41) is 11.5. The number of hydrogen-bond acceptors (Lipinski definition) is 5. The number of nitrogens with one attached hydrogen (secondary N) is 1. The molecule has 1 N–H and O–H groups in total. The Morgan fingerprint density at radius 1 is 1.17 bits per heavy atom. The molecule has 0 spiro atoms. The molecule has 1 aromatic heterocycles. The van der Waals surface area contributed by atoms with Crippen LogP contribution in [0, 0.1) is 11.3 Å². The predicted octanol–water partition coefficient (Wildman–Crippen LogP) is 5.73. The molecule has 6 nitrogen and oxygen atoms in total. The molecule has 1 heterocycles. The lowest BCUT2D eigenvalue weighted by atomic mass is 9.97. The molecule has 188 valence electrons. The first-order chi connectivity index (χ1) is 16.9. The number of hydrazine groups is 1. The molecule has 0 aliphatic carbocycles. The largest absolute Gasteiger partial charge is 0.461 e. The minimum atomic E-state index is -4.52. The summed E-state index contributed by atoms with van der Waals surface area (Å²) in [4.78, 5) is 16.8. The van der Waals surface area contributed by atoms with E-state index in [0.29, 0.717) is 23.2 Å². The highest BCUT2D eigenvalue weighted by atomic mass is 35.5. The van der Waals surface area contributed by atoms with Crippen LogP contribution in [0.2, 0.25) is 5.02 Å². The van der Waals surface area contributed by atoms with Crippen molar-refractivity contribution in [3.05, 3.63) is 94.1 Å². The number of carbonyl (C=O) groups is 1. The smallest absolute Gasteiger partial charge is 0.417 e. The molecular weight excluding hydrogens is 493 g/mol. The summed E-state index contributed by atoms with van der Waals surface area (Å²) in [7, 11) is 1.68. The van der Waals surface area contributed by atoms with Crippen molar-refractivity contribution in [2.24, 2.45) is 0 Å². The topological polar surface area (TPSA) is 78.2 Å². The summed E-state index contributed by atoms with van der Waals surface area (Å²) in [6.45, 7) is 2.97. The standard InChI is InChI=1S/C26H24ClF3N4O2/c1-25(2,36-23-12-9-20(16-32-23)26(28,29)30)24(35)33-34(3)22(14-17-7-10-21(27)11-8-17)19-6-4-5-18(13-19)15-31/h4-13,16,22H,14H2,1-3H3,(H,33,35). The molecule has 0 radical (unpaired) electrons. The minimum absolute atomic E-state index is 0.120. The van der Waals surface area contributed by atoms with Gasteiger partial charge < -0.3 is 4.74 Å². The lowest BCUT2D eigenvalue weighted by Gasteiger charge is -2.33. The molecule has 1 amide bonds. The highest BCUT2D eigenvalue weighted by Gasteiger charge is 2.34. The first-order valence-corrected chi connectivity index (χ1v) is 11.3. The number of carbonyl (C=O) groups excluding carboxylic acids is 1. The van der Waals surface area contributed by atoms with Gasteiger partial charge in [-0.3, -0.25) is 10.2 Å². The first-order valence-electron chi connectivity index (χ1n) is 10.9. The first kappa shape index (κ1) is 27.0. The number of rotatable bonds is 8. The van der Waals surface area contributed by atoms with Gasteiger partial charge in [0.05, 0.1) is 23.2 Å². The number of alkyl halides is 3. The van der Waals surface area contributed by atoms with Gasteiger partial charge in [-0.25, -0.2) is 9.99 Å². The Kier molecular flexibility index (Phi) is 8.23. The zero-order valence-electron chi connectivity index (χ0n) is 19.8. The maximum Gasteiger partial charge on any atom is 0.417 e. The molecule has 1 unspecified atom stereocenters. The van der Waals surface area contributed by atoms with Crippen LogP contribution >= 0.6 is 11.6 Å². The Labute approximate surface area is 212 Å². The molecule has 0 saturated carbocycles. The average molecular weight is 517 g/mol. The Hall–Kier alpha value is -3.61. The van der Waals surface area contributed by atoms with Crippen molar-refractivity contribution in [2.45, 2.75) is 38.1 Å². The number of halogens is 4. The van der Waals surface area contributed by atoms with Crippen LogP contribution in [0.1, 0.15) is 42.1 Å². The van der Waals surface area contributed by atoms with E-state index in [-0.39, 0.29) is 11.9 Å². The van der Waals surface area contributed by atoms with Crippen LogP contribution in [0.5, 0.6) is 5.88 Å². The van der Waals surface area contributed by atoms with Crippen LogP contribution in [0.15, 0.2) is 66.9 Å². The molecule has 36 heavy (non-hydrogen) atoms. The molecule has 10 heteroatoms. The van der Waals surface area contributed by atoms with Crippen LogP contribution in [0.4, 0.5) is 13.2 Å². The number of hydrogen-bond donors (Lipinski definition) is 1. The Morgan fingerprint density at radius 2 is 1.86 bits per heavy atom. The van der Waals surface area contributed by atoms with Crippen molar-refractivity contribution >= 4 is 17.5 Å². The van der Waals surface area contributed by atoms with Gasteiger partial charge in [-0.2, -0.15) is 18.4 Å². The highest BCUT2D eigenvalue weighted by molar-refractivity contribution is 6.30. The molecule has 0 bridgehead atoms. The third-order valence-corrected chi connectivity index (χ3v) is 5.71. The van der Waals surface area contributed by atoms with E-state index in [4.69, 9.17) is 16.3 Å². The maximum absolute atomic E-state index is 13.1. The van der Waals surface area contributed by atoms with E-state index in [2.05, 4.69) is 16.5 Å². The lowest BCUT2D eigenvalue weighted by molar-refractivity contribution is -0.141. The normalized spacial score (nSPS) is 12.6. The second-order valence-corrected chi connectivity index (χ2v) is 9.07. The number of amides is 1. The summed E-state index contributed by atoms with van der Waals surface area (Å²) in [6, 6.07) is 18.0. The zero-order chi connectivity index (χ0) is 26.5. The van der Waals surface area contributed by atoms with E-state index in [9.17, 15) is 23.2 Å². The fraction of sp³-hybridized carbons (Fsp3) is 0.269. The number of nitriles is 1. The second-order valence-electron chi connectivity index (χ2n) is 8.63. The number of nitrogens with zero attached hydrogens (tertiary/aromatic N) is 3. The molecule has 0 aliphatic rings. The highest BCUT2D eigenvalue weighted by Crippen LogP contribution is 2.30. The molecule has 3 rings (SSSR count). The number of pyridine rings is 1. The molecule has 0 saturated heterocycles. The summed E-state index contributed by atoms with van der Waals surface area (Å²) in [6.07, 6.45) is -3.38. The van der Waals surface area contributed by atoms with E-state index in [1.165, 1.54) is 13.8 Å². The van der Waals surface area contributed by atoms with Crippen molar-refractivity contribution < 1.29 is 22.7 Å². The molecular formula is C26H24ClF3N4O2. The molecule has 1 atom stereocenters. The van der Waals surface area contributed by atoms with E-state index in [0.717, 1.165) is 23.3 Å². The van der Waals surface area contributed by atoms with Gasteiger partial charge in [-0.05, 0) is 61.7 Å². The fourth-order valence-corrected chi connectivity index (χ4v) is 3.55. The molecule has 3 aromatic rings. The van der Waals surface area contributed by atoms with E-state index in [1.807, 2.05) is 18.2 Å². The van der Waals surface area contributed by atoms with Crippen molar-refractivity contribution in [3.8, 4) is 11.9 Å². The summed E-state index contributed by atoms with van der Waals surface area (Å²) < 4.78 is 44.0. The predicted molar refractivity (Wildman–Crippen MR) is 129 cm³/mol. The third kappa shape index (κ3) is 6.97. The van der Waals surface area contributed by atoms with Crippen molar-refractivity contribution in [3.63, 3.8) is 0 Å². The van der Waals surface area contributed by atoms with Crippen LogP contribution < -0.4 is 10.2 Å². The number of benzene rings is 2. The summed E-state index contributed by atoms with van der Waals surface area (Å²) in [5.41, 5.74) is 2.66. The zero-order valence-corrected chi connectivity index (χ0v) is 20.6. The Morgan fingerprint density at radius 3 is 2.44 bits per heavy atom. The van der Waals surface area contributed by atoms with Gasteiger partial charge in [0.25, 0.3) is 5.91 Å². The van der Waals surface area contributed by atoms with Crippen molar-refractivity contribution in [2.75, 3.05) is 7.05 Å². The number of likely N-dealkylation sites (N-methyl/N-ethyl adjacent to an activating group) is 1. The van der Waals surface area contributed by atoms with Gasteiger partial charge in [0.1, 0.15) is 0 Å². The van der Waals surface area contributed by atoms with E-state index < -0.39 is 23.2 Å². The Bertz CT molecular complexity index is 1240. The lowest BCUT2D eigenvalue weighted by Crippen LogP contribution is -2.53. The van der Waals surface area contributed by atoms with Crippen molar-refractivity contribution in [1.82, 2.24) is 15.4 Å². The van der Waals surface area contributed by atoms with Crippen LogP contribution in [-0.4, -0.2) is 28.5 Å². The second kappa shape index (κ2) is 11.0. The van der Waals surface area contributed by atoms with Crippen LogP contribution in [0.3, 0.4) is 0 Å². The third-order valence-electron chi connectivity index (χ3n) is 5.46. The van der Waals surface area contributed by atoms with E-state index in [1.54, 1.807) is 42.4 Å². The number of ether oxygens (including phenoxy) is 1. The maximum atomic E-state index is 13.1. The SMILES string of the molecule is CN(NC(=O)C(C)(C)Oc1ccc(C(F)(F)F)cn1)C(Cc1ccc(Cl)cc1)c1cccc(C#N)c1. The van der Waals surface area contributed by atoms with Gasteiger partial charge in [0.2, 0.25) is 5.88 Å². The Balaban J connectivity index is 1.79. The number of aromatic nitrogens is 1. The summed E-state index contributed by atoms with van der Waals surface area (Å²) >= 11 is 6.01. The average Bonchev–Trinajstić information content (AvgIpc) is 2.83. The monoisotopic (exact) mass is 516 g/mol. The van der Waals surface area contributed by atoms with Crippen molar-refractivity contribution in [1.29, 1.82) is 5.26 Å². The molecule has 2 aromatic carbocycles. The van der Waals surface area contributed by atoms with Crippen LogP contribution in [0.25, 0.3) is 0 Å². The van der Waals surface area contributed by atoms with Gasteiger partial charge in [-0.1, -0.05) is 35.9 Å². The van der Waals surface area contributed by atoms with Gasteiger partial charge in [0, 0.05) is 24.3 Å². The van der Waals surface area contributed by atoms with E-state index >= 15 is 0 Å². The van der Waals surface area contributed by atoms with Gasteiger partial charge in [-0.15, -0.1) is 0 Å². The van der Waals surface area contributed by atoms with Crippen LogP contribution in [-0.2, 0) is 17.4 Å². The molecule has 0 aliphatic heterocycles. The quantitative estimate of drug-likeness (QED) is 0.387. The van der Waals surface area contributed by atoms with Gasteiger partial charge in [0.15, 0.2) is 5.60 Å².